The molecule has 2 heterocycles. The van der Waals surface area contributed by atoms with E-state index in [4.69, 9.17) is 0 Å². The van der Waals surface area contributed by atoms with Gasteiger partial charge in [0.25, 0.3) is 5.91 Å². The molecule has 140 valence electrons. The minimum absolute atomic E-state index is 0.0600. The highest BCUT2D eigenvalue weighted by Gasteiger charge is 2.41. The Kier molecular flexibility index (Phi) is 5.38. The SMILES string of the molecule is CC(C)C1NNC2CCN(C(=O)c3cccc(C#CC(C)(C)O)c3)CC21. The quantitative estimate of drug-likeness (QED) is 0.708. The van der Waals surface area contributed by atoms with Crippen molar-refractivity contribution in [1.29, 1.82) is 0 Å². The van der Waals surface area contributed by atoms with Crippen LogP contribution in [0, 0.1) is 23.7 Å². The highest BCUT2D eigenvalue weighted by atomic mass is 16.3. The summed E-state index contributed by atoms with van der Waals surface area (Å²) in [6, 6.07) is 8.20. The van der Waals surface area contributed by atoms with Crippen molar-refractivity contribution in [2.75, 3.05) is 13.1 Å². The average Bonchev–Trinajstić information content (AvgIpc) is 3.02. The van der Waals surface area contributed by atoms with E-state index in [1.165, 1.54) is 0 Å². The van der Waals surface area contributed by atoms with E-state index >= 15 is 0 Å². The summed E-state index contributed by atoms with van der Waals surface area (Å²) in [5, 5.41) is 9.76. The molecule has 3 N–H and O–H groups in total. The second-order valence-electron chi connectivity index (χ2n) is 8.26. The van der Waals surface area contributed by atoms with Crippen molar-refractivity contribution in [2.24, 2.45) is 11.8 Å². The Hall–Kier alpha value is -1.87. The third-order valence-electron chi connectivity index (χ3n) is 5.18. The number of hydrazine groups is 1. The summed E-state index contributed by atoms with van der Waals surface area (Å²) < 4.78 is 0. The predicted molar refractivity (Wildman–Crippen MR) is 102 cm³/mol. The monoisotopic (exact) mass is 355 g/mol. The fourth-order valence-electron chi connectivity index (χ4n) is 3.82. The van der Waals surface area contributed by atoms with Crippen LogP contribution in [0.15, 0.2) is 24.3 Å². The minimum Gasteiger partial charge on any atom is -0.378 e. The standard InChI is InChI=1S/C21H29N3O2/c1-14(2)19-17-13-24(11-9-18(17)22-23-19)20(25)16-7-5-6-15(12-16)8-10-21(3,4)26/h5-7,12,14,17-19,22-23,26H,9,11,13H2,1-4H3. The molecule has 0 aromatic heterocycles. The molecule has 2 fully saturated rings. The van der Waals surface area contributed by atoms with Crippen LogP contribution in [0.4, 0.5) is 0 Å². The molecule has 0 bridgehead atoms. The maximum absolute atomic E-state index is 13.0. The van der Waals surface area contributed by atoms with Crippen LogP contribution in [0.5, 0.6) is 0 Å². The van der Waals surface area contributed by atoms with Gasteiger partial charge < -0.3 is 10.0 Å². The highest BCUT2D eigenvalue weighted by molar-refractivity contribution is 5.94. The van der Waals surface area contributed by atoms with Gasteiger partial charge in [0.1, 0.15) is 5.60 Å². The lowest BCUT2D eigenvalue weighted by molar-refractivity contribution is 0.0643. The van der Waals surface area contributed by atoms with Crippen LogP contribution in [0.1, 0.15) is 50.0 Å². The Balaban J connectivity index is 1.74. The van der Waals surface area contributed by atoms with Crippen molar-refractivity contribution in [2.45, 2.75) is 51.8 Å². The van der Waals surface area contributed by atoms with Gasteiger partial charge in [-0.3, -0.25) is 15.6 Å². The fourth-order valence-corrected chi connectivity index (χ4v) is 3.82. The summed E-state index contributed by atoms with van der Waals surface area (Å²) in [5.74, 6) is 6.76. The van der Waals surface area contributed by atoms with Crippen molar-refractivity contribution in [3.8, 4) is 11.8 Å². The number of hydrogen-bond donors (Lipinski definition) is 3. The van der Waals surface area contributed by atoms with Gasteiger partial charge in [-0.1, -0.05) is 31.8 Å². The van der Waals surface area contributed by atoms with Crippen molar-refractivity contribution in [3.63, 3.8) is 0 Å². The van der Waals surface area contributed by atoms with Gasteiger partial charge in [-0.15, -0.1) is 0 Å². The smallest absolute Gasteiger partial charge is 0.253 e. The molecule has 3 unspecified atom stereocenters. The molecule has 2 aliphatic heterocycles. The number of aliphatic hydroxyl groups is 1. The van der Waals surface area contributed by atoms with Gasteiger partial charge in [0.05, 0.1) is 0 Å². The van der Waals surface area contributed by atoms with E-state index in [9.17, 15) is 9.90 Å². The number of carbonyl (C=O) groups is 1. The van der Waals surface area contributed by atoms with E-state index in [0.29, 0.717) is 29.5 Å². The first-order valence-electron chi connectivity index (χ1n) is 9.40. The van der Waals surface area contributed by atoms with Crippen molar-refractivity contribution < 1.29 is 9.90 Å². The van der Waals surface area contributed by atoms with Crippen molar-refractivity contribution in [3.05, 3.63) is 35.4 Å². The summed E-state index contributed by atoms with van der Waals surface area (Å²) in [6.07, 6.45) is 0.963. The topological polar surface area (TPSA) is 64.6 Å². The number of piperidine rings is 1. The number of likely N-dealkylation sites (tertiary alicyclic amines) is 1. The van der Waals surface area contributed by atoms with Gasteiger partial charge >= 0.3 is 0 Å². The molecule has 1 amide bonds. The zero-order valence-electron chi connectivity index (χ0n) is 16.0. The molecule has 0 radical (unpaired) electrons. The van der Waals surface area contributed by atoms with Crippen molar-refractivity contribution in [1.82, 2.24) is 15.8 Å². The number of hydrogen-bond acceptors (Lipinski definition) is 4. The Morgan fingerprint density at radius 1 is 1.35 bits per heavy atom. The van der Waals surface area contributed by atoms with E-state index in [2.05, 4.69) is 36.5 Å². The maximum Gasteiger partial charge on any atom is 0.253 e. The molecule has 1 aromatic rings. The number of nitrogens with one attached hydrogen (secondary N) is 2. The Morgan fingerprint density at radius 2 is 2.12 bits per heavy atom. The third kappa shape index (κ3) is 4.27. The van der Waals surface area contributed by atoms with Crippen LogP contribution in [0.3, 0.4) is 0 Å². The number of nitrogens with zero attached hydrogens (tertiary/aromatic N) is 1. The van der Waals surface area contributed by atoms with Gasteiger partial charge in [0.2, 0.25) is 0 Å². The fraction of sp³-hybridized carbons (Fsp3) is 0.571. The first-order chi connectivity index (χ1) is 12.2. The Bertz CT molecular complexity index is 727. The maximum atomic E-state index is 13.0. The zero-order chi connectivity index (χ0) is 18.9. The third-order valence-corrected chi connectivity index (χ3v) is 5.18. The number of carbonyl (C=O) groups excluding carboxylic acids is 1. The zero-order valence-corrected chi connectivity index (χ0v) is 16.0. The van der Waals surface area contributed by atoms with E-state index in [0.717, 1.165) is 25.1 Å². The van der Waals surface area contributed by atoms with Gasteiger partial charge in [-0.25, -0.2) is 0 Å². The van der Waals surface area contributed by atoms with Crippen LogP contribution in [0.25, 0.3) is 0 Å². The van der Waals surface area contributed by atoms with E-state index in [1.54, 1.807) is 13.8 Å². The van der Waals surface area contributed by atoms with E-state index in [-0.39, 0.29) is 5.91 Å². The van der Waals surface area contributed by atoms with E-state index in [1.807, 2.05) is 29.2 Å². The summed E-state index contributed by atoms with van der Waals surface area (Å²) in [7, 11) is 0. The second kappa shape index (κ2) is 7.40. The first-order valence-corrected chi connectivity index (χ1v) is 9.40. The van der Waals surface area contributed by atoms with Crippen LogP contribution in [-0.4, -0.2) is 46.7 Å². The number of rotatable bonds is 2. The molecule has 0 aliphatic carbocycles. The van der Waals surface area contributed by atoms with E-state index < -0.39 is 5.60 Å². The molecule has 3 rings (SSSR count). The summed E-state index contributed by atoms with van der Waals surface area (Å²) in [6.45, 7) is 9.26. The number of fused-ring (bicyclic) bond motifs is 1. The summed E-state index contributed by atoms with van der Waals surface area (Å²) >= 11 is 0. The lowest BCUT2D eigenvalue weighted by atomic mass is 9.83. The molecule has 5 nitrogen and oxygen atoms in total. The summed E-state index contributed by atoms with van der Waals surface area (Å²) in [5.41, 5.74) is 7.17. The molecule has 3 atom stereocenters. The largest absolute Gasteiger partial charge is 0.378 e. The normalized spacial score (nSPS) is 25.6. The molecular weight excluding hydrogens is 326 g/mol. The first kappa shape index (κ1) is 18.9. The van der Waals surface area contributed by atoms with Crippen molar-refractivity contribution >= 4 is 5.91 Å². The van der Waals surface area contributed by atoms with Gasteiger partial charge in [-0.05, 0) is 44.4 Å². The summed E-state index contributed by atoms with van der Waals surface area (Å²) in [4.78, 5) is 15.0. The number of amides is 1. The van der Waals surface area contributed by atoms with Crippen LogP contribution >= 0.6 is 0 Å². The average molecular weight is 355 g/mol. The predicted octanol–water partition coefficient (Wildman–Crippen LogP) is 1.77. The van der Waals surface area contributed by atoms with Gasteiger partial charge in [-0.2, -0.15) is 0 Å². The molecule has 1 aromatic carbocycles. The second-order valence-corrected chi connectivity index (χ2v) is 8.26. The molecule has 0 saturated carbocycles. The molecular formula is C21H29N3O2. The number of benzene rings is 1. The van der Waals surface area contributed by atoms with Crippen LogP contribution in [-0.2, 0) is 0 Å². The molecule has 5 heteroatoms. The molecule has 2 aliphatic rings. The molecule has 0 spiro atoms. The Morgan fingerprint density at radius 3 is 2.81 bits per heavy atom. The van der Waals surface area contributed by atoms with Gasteiger partial charge in [0.15, 0.2) is 0 Å². The minimum atomic E-state index is -1.05. The lowest BCUT2D eigenvalue weighted by Crippen LogP contribution is -2.49. The van der Waals surface area contributed by atoms with Gasteiger partial charge in [0, 0.05) is 42.2 Å². The van der Waals surface area contributed by atoms with Crippen LogP contribution < -0.4 is 10.9 Å². The Labute approximate surface area is 156 Å². The lowest BCUT2D eigenvalue weighted by Gasteiger charge is -2.37. The molecule has 26 heavy (non-hydrogen) atoms. The highest BCUT2D eigenvalue weighted by Crippen LogP contribution is 2.28. The molecule has 2 saturated heterocycles. The van der Waals surface area contributed by atoms with Crippen LogP contribution in [0.2, 0.25) is 0 Å².